The molecule has 1 atom stereocenters. The maximum atomic E-state index is 12.0. The van der Waals surface area contributed by atoms with Crippen molar-refractivity contribution in [3.8, 4) is 0 Å². The second-order valence-electron chi connectivity index (χ2n) is 5.83. The Balaban J connectivity index is 1.85. The van der Waals surface area contributed by atoms with Crippen molar-refractivity contribution in [1.82, 2.24) is 15.1 Å². The first kappa shape index (κ1) is 15.5. The van der Waals surface area contributed by atoms with Crippen LogP contribution in [-0.4, -0.2) is 26.8 Å². The summed E-state index contributed by atoms with van der Waals surface area (Å²) in [7, 11) is 1.72. The highest BCUT2D eigenvalue weighted by Gasteiger charge is 2.24. The zero-order valence-electron chi connectivity index (χ0n) is 12.4. The molecule has 1 aromatic heterocycles. The minimum Gasteiger partial charge on any atom is -0.479 e. The third kappa shape index (κ3) is 4.58. The summed E-state index contributed by atoms with van der Waals surface area (Å²) >= 11 is 0. The molecule has 2 rings (SSSR count). The Kier molecular flexibility index (Phi) is 5.36. The van der Waals surface area contributed by atoms with Gasteiger partial charge in [0.25, 0.3) is 0 Å². The van der Waals surface area contributed by atoms with Crippen LogP contribution in [0, 0.1) is 5.92 Å². The fraction of sp³-hybridized carbons (Fsp3) is 0.667. The Labute approximate surface area is 124 Å². The van der Waals surface area contributed by atoms with E-state index >= 15 is 0 Å². The lowest BCUT2D eigenvalue weighted by Gasteiger charge is -2.21. The molecule has 6 heteroatoms. The quantitative estimate of drug-likeness (QED) is 0.840. The first-order chi connectivity index (χ1) is 10.1. The number of carbonyl (C=O) groups excluding carboxylic acids is 1. The molecular formula is C15H23N3O3. The lowest BCUT2D eigenvalue weighted by atomic mass is 9.86. The minimum absolute atomic E-state index is 0.197. The molecule has 6 nitrogen and oxygen atoms in total. The van der Waals surface area contributed by atoms with E-state index in [1.54, 1.807) is 13.2 Å². The highest BCUT2D eigenvalue weighted by Crippen LogP contribution is 2.27. The van der Waals surface area contributed by atoms with Gasteiger partial charge < -0.3 is 10.4 Å². The lowest BCUT2D eigenvalue weighted by Crippen LogP contribution is -2.33. The smallest absolute Gasteiger partial charge is 0.331 e. The number of nitrogens with one attached hydrogen (secondary N) is 1. The molecule has 116 valence electrons. The van der Waals surface area contributed by atoms with Crippen LogP contribution in [0.2, 0.25) is 0 Å². The number of hydrogen-bond donors (Lipinski definition) is 2. The van der Waals surface area contributed by atoms with Gasteiger partial charge in [0.15, 0.2) is 6.04 Å². The molecule has 2 N–H and O–H groups in total. The van der Waals surface area contributed by atoms with Gasteiger partial charge in [0.05, 0.1) is 6.20 Å². The van der Waals surface area contributed by atoms with Crippen molar-refractivity contribution in [2.24, 2.45) is 13.0 Å². The average molecular weight is 293 g/mol. The number of aromatic nitrogens is 2. The Morgan fingerprint density at radius 1 is 1.43 bits per heavy atom. The Bertz CT molecular complexity index is 492. The number of rotatable bonds is 6. The van der Waals surface area contributed by atoms with Crippen LogP contribution in [0.25, 0.3) is 0 Å². The lowest BCUT2D eigenvalue weighted by molar-refractivity contribution is -0.142. The molecule has 1 heterocycles. The average Bonchev–Trinajstić information content (AvgIpc) is 2.89. The molecular weight excluding hydrogens is 270 g/mol. The van der Waals surface area contributed by atoms with Gasteiger partial charge in [-0.1, -0.05) is 32.1 Å². The van der Waals surface area contributed by atoms with Crippen molar-refractivity contribution in [3.05, 3.63) is 18.0 Å². The first-order valence-electron chi connectivity index (χ1n) is 7.57. The second kappa shape index (κ2) is 7.24. The van der Waals surface area contributed by atoms with Gasteiger partial charge in [-0.15, -0.1) is 0 Å². The molecule has 1 amide bonds. The molecule has 1 unspecified atom stereocenters. The van der Waals surface area contributed by atoms with Crippen molar-refractivity contribution in [2.75, 3.05) is 0 Å². The zero-order valence-corrected chi connectivity index (χ0v) is 12.4. The van der Waals surface area contributed by atoms with Crippen LogP contribution in [0.1, 0.15) is 56.6 Å². The predicted octanol–water partition coefficient (Wildman–Crippen LogP) is 2.02. The number of nitrogens with zero attached hydrogens (tertiary/aromatic N) is 2. The number of hydrogen-bond acceptors (Lipinski definition) is 3. The van der Waals surface area contributed by atoms with Crippen LogP contribution in [-0.2, 0) is 16.6 Å². The van der Waals surface area contributed by atoms with Gasteiger partial charge in [-0.2, -0.15) is 5.10 Å². The van der Waals surface area contributed by atoms with Crippen LogP contribution in [0.3, 0.4) is 0 Å². The van der Waals surface area contributed by atoms with Crippen LogP contribution >= 0.6 is 0 Å². The highest BCUT2D eigenvalue weighted by molar-refractivity contribution is 5.84. The Morgan fingerprint density at radius 3 is 2.71 bits per heavy atom. The molecule has 0 spiro atoms. The van der Waals surface area contributed by atoms with Gasteiger partial charge in [0, 0.05) is 25.2 Å². The number of carboxylic acids is 1. The van der Waals surface area contributed by atoms with Crippen molar-refractivity contribution < 1.29 is 14.7 Å². The summed E-state index contributed by atoms with van der Waals surface area (Å²) in [6.07, 6.45) is 10.5. The maximum absolute atomic E-state index is 12.0. The molecule has 1 aromatic rings. The number of carboxylic acid groups (broad SMARTS) is 1. The van der Waals surface area contributed by atoms with Crippen LogP contribution in [0.15, 0.2) is 12.4 Å². The number of aryl methyl sites for hydroxylation is 1. The van der Waals surface area contributed by atoms with Crippen LogP contribution in [0.5, 0.6) is 0 Å². The van der Waals surface area contributed by atoms with E-state index < -0.39 is 12.0 Å². The van der Waals surface area contributed by atoms with E-state index in [0.717, 1.165) is 6.42 Å². The molecule has 1 fully saturated rings. The van der Waals surface area contributed by atoms with Gasteiger partial charge in [-0.25, -0.2) is 4.79 Å². The highest BCUT2D eigenvalue weighted by atomic mass is 16.4. The fourth-order valence-corrected chi connectivity index (χ4v) is 2.92. The molecule has 0 aromatic carbocycles. The van der Waals surface area contributed by atoms with Crippen molar-refractivity contribution in [1.29, 1.82) is 0 Å². The van der Waals surface area contributed by atoms with Gasteiger partial charge in [0.1, 0.15) is 0 Å². The molecule has 1 aliphatic rings. The summed E-state index contributed by atoms with van der Waals surface area (Å²) in [5, 5.41) is 15.8. The van der Waals surface area contributed by atoms with Crippen molar-refractivity contribution in [3.63, 3.8) is 0 Å². The van der Waals surface area contributed by atoms with Crippen molar-refractivity contribution >= 4 is 11.9 Å². The van der Waals surface area contributed by atoms with E-state index in [1.165, 1.54) is 43.0 Å². The van der Waals surface area contributed by atoms with Crippen LogP contribution < -0.4 is 5.32 Å². The number of carbonyl (C=O) groups is 2. The molecule has 21 heavy (non-hydrogen) atoms. The standard InChI is InChI=1S/C15H23N3O3/c1-18-10-12(9-16-18)14(15(20)21)17-13(19)8-7-11-5-3-2-4-6-11/h9-11,14H,2-8H2,1H3,(H,17,19)(H,20,21). The first-order valence-corrected chi connectivity index (χ1v) is 7.57. The molecule has 1 aliphatic carbocycles. The third-order valence-corrected chi connectivity index (χ3v) is 4.11. The second-order valence-corrected chi connectivity index (χ2v) is 5.83. The van der Waals surface area contributed by atoms with E-state index in [9.17, 15) is 14.7 Å². The summed E-state index contributed by atoms with van der Waals surface area (Å²) in [4.78, 5) is 23.3. The van der Waals surface area contributed by atoms with Gasteiger partial charge in [0.2, 0.25) is 5.91 Å². The SMILES string of the molecule is Cn1cc(C(NC(=O)CCC2CCCCC2)C(=O)O)cn1. The molecule has 1 saturated carbocycles. The number of amides is 1. The fourth-order valence-electron chi connectivity index (χ4n) is 2.92. The van der Waals surface area contributed by atoms with E-state index in [2.05, 4.69) is 10.4 Å². The summed E-state index contributed by atoms with van der Waals surface area (Å²) < 4.78 is 1.53. The Morgan fingerprint density at radius 2 is 2.14 bits per heavy atom. The third-order valence-electron chi connectivity index (χ3n) is 4.11. The molecule has 0 radical (unpaired) electrons. The minimum atomic E-state index is -1.06. The van der Waals surface area contributed by atoms with E-state index in [0.29, 0.717) is 17.9 Å². The van der Waals surface area contributed by atoms with E-state index in [4.69, 9.17) is 0 Å². The summed E-state index contributed by atoms with van der Waals surface area (Å²) in [6.45, 7) is 0. The van der Waals surface area contributed by atoms with Crippen molar-refractivity contribution in [2.45, 2.75) is 51.0 Å². The molecule has 0 aliphatic heterocycles. The van der Waals surface area contributed by atoms with E-state index in [-0.39, 0.29) is 5.91 Å². The molecule has 0 saturated heterocycles. The number of aliphatic carboxylic acids is 1. The molecule has 0 bridgehead atoms. The topological polar surface area (TPSA) is 84.2 Å². The predicted molar refractivity (Wildman–Crippen MR) is 77.5 cm³/mol. The maximum Gasteiger partial charge on any atom is 0.331 e. The van der Waals surface area contributed by atoms with Gasteiger partial charge >= 0.3 is 5.97 Å². The van der Waals surface area contributed by atoms with E-state index in [1.807, 2.05) is 0 Å². The van der Waals surface area contributed by atoms with Gasteiger partial charge in [-0.3, -0.25) is 9.48 Å². The monoisotopic (exact) mass is 293 g/mol. The van der Waals surface area contributed by atoms with Gasteiger partial charge in [-0.05, 0) is 12.3 Å². The summed E-state index contributed by atoms with van der Waals surface area (Å²) in [5.74, 6) is -0.642. The summed E-state index contributed by atoms with van der Waals surface area (Å²) in [6, 6.07) is -1.02. The Hall–Kier alpha value is -1.85. The van der Waals surface area contributed by atoms with Crippen LogP contribution in [0.4, 0.5) is 0 Å². The largest absolute Gasteiger partial charge is 0.479 e. The summed E-state index contributed by atoms with van der Waals surface area (Å²) in [5.41, 5.74) is 0.496. The zero-order chi connectivity index (χ0) is 15.2. The normalized spacial score (nSPS) is 17.4.